The maximum Gasteiger partial charge on any atom is 0.407 e. The third-order valence-corrected chi connectivity index (χ3v) is 5.81. The largest absolute Gasteiger partial charge is 0.453 e. The van der Waals surface area contributed by atoms with Crippen LogP contribution in [-0.2, 0) is 14.3 Å². The fraction of sp³-hybridized carbons (Fsp3) is 0.882. The van der Waals surface area contributed by atoms with Gasteiger partial charge in [0.25, 0.3) is 0 Å². The quantitative estimate of drug-likeness (QED) is 0.861. The van der Waals surface area contributed by atoms with E-state index in [0.29, 0.717) is 25.2 Å². The number of amides is 2. The second-order valence-electron chi connectivity index (χ2n) is 7.15. The number of likely N-dealkylation sites (tertiary alicyclic amines) is 1. The molecule has 0 aromatic heterocycles. The van der Waals surface area contributed by atoms with Gasteiger partial charge in [0.2, 0.25) is 5.91 Å². The lowest BCUT2D eigenvalue weighted by molar-refractivity contribution is -0.138. The molecule has 0 aromatic carbocycles. The van der Waals surface area contributed by atoms with E-state index in [4.69, 9.17) is 9.47 Å². The molecule has 0 bridgehead atoms. The van der Waals surface area contributed by atoms with Gasteiger partial charge in [0, 0.05) is 25.3 Å². The Morgan fingerprint density at radius 3 is 2.65 bits per heavy atom. The van der Waals surface area contributed by atoms with Gasteiger partial charge in [-0.3, -0.25) is 4.79 Å². The SMILES string of the molecule is COC(=O)N[C@H](C(=O)N1C2CCC[C@H]2C[C@H]1C)C1CCOCC1. The molecule has 3 rings (SSSR count). The maximum atomic E-state index is 13.3. The van der Waals surface area contributed by atoms with E-state index < -0.39 is 12.1 Å². The molecule has 3 aliphatic rings. The lowest BCUT2D eigenvalue weighted by atomic mass is 9.90. The average molecular weight is 324 g/mol. The molecule has 0 radical (unpaired) electrons. The molecule has 130 valence electrons. The molecule has 6 heteroatoms. The van der Waals surface area contributed by atoms with Gasteiger partial charge in [-0.1, -0.05) is 6.42 Å². The lowest BCUT2D eigenvalue weighted by Crippen LogP contribution is -2.55. The van der Waals surface area contributed by atoms with Crippen molar-refractivity contribution in [1.29, 1.82) is 0 Å². The fourth-order valence-corrected chi connectivity index (χ4v) is 4.69. The smallest absolute Gasteiger partial charge is 0.407 e. The number of nitrogens with one attached hydrogen (secondary N) is 1. The first kappa shape index (κ1) is 16.6. The summed E-state index contributed by atoms with van der Waals surface area (Å²) in [6, 6.07) is 0.132. The predicted octanol–water partition coefficient (Wildman–Crippen LogP) is 1.93. The molecule has 0 spiro atoms. The minimum absolute atomic E-state index is 0.0733. The third-order valence-electron chi connectivity index (χ3n) is 5.81. The lowest BCUT2D eigenvalue weighted by Gasteiger charge is -2.36. The van der Waals surface area contributed by atoms with E-state index in [1.54, 1.807) is 0 Å². The van der Waals surface area contributed by atoms with Gasteiger partial charge in [-0.2, -0.15) is 0 Å². The number of nitrogens with zero attached hydrogens (tertiary/aromatic N) is 1. The standard InChI is InChI=1S/C17H28N2O4/c1-11-10-13-4-3-5-14(13)19(11)16(20)15(18-17(21)22-2)12-6-8-23-9-7-12/h11-15H,3-10H2,1-2H3,(H,18,21)/t11-,13+,14?,15+/m1/s1. The Kier molecular flexibility index (Phi) is 5.09. The summed E-state index contributed by atoms with van der Waals surface area (Å²) in [5, 5.41) is 2.81. The highest BCUT2D eigenvalue weighted by Gasteiger charge is 2.47. The third kappa shape index (κ3) is 3.32. The average Bonchev–Trinajstić information content (AvgIpc) is 3.12. The minimum Gasteiger partial charge on any atom is -0.453 e. The number of fused-ring (bicyclic) bond motifs is 1. The van der Waals surface area contributed by atoms with Crippen LogP contribution in [0.4, 0.5) is 4.79 Å². The first-order valence-corrected chi connectivity index (χ1v) is 8.86. The second kappa shape index (κ2) is 7.07. The summed E-state index contributed by atoms with van der Waals surface area (Å²) in [4.78, 5) is 27.1. The summed E-state index contributed by atoms with van der Waals surface area (Å²) in [7, 11) is 1.34. The topological polar surface area (TPSA) is 67.9 Å². The summed E-state index contributed by atoms with van der Waals surface area (Å²) < 4.78 is 10.2. The molecule has 3 fully saturated rings. The Morgan fingerprint density at radius 2 is 1.96 bits per heavy atom. The molecule has 2 heterocycles. The predicted molar refractivity (Wildman–Crippen MR) is 84.9 cm³/mol. The van der Waals surface area contributed by atoms with Crippen molar-refractivity contribution in [3.05, 3.63) is 0 Å². The molecule has 1 N–H and O–H groups in total. The first-order chi connectivity index (χ1) is 11.1. The molecule has 0 aromatic rings. The molecule has 2 aliphatic heterocycles. The highest BCUT2D eigenvalue weighted by Crippen LogP contribution is 2.41. The van der Waals surface area contributed by atoms with Crippen LogP contribution in [0.1, 0.15) is 45.4 Å². The van der Waals surface area contributed by atoms with Crippen molar-refractivity contribution in [1.82, 2.24) is 10.2 Å². The van der Waals surface area contributed by atoms with Crippen molar-refractivity contribution >= 4 is 12.0 Å². The zero-order valence-corrected chi connectivity index (χ0v) is 14.1. The summed E-state index contributed by atoms with van der Waals surface area (Å²) in [6.07, 6.45) is 5.70. The zero-order valence-electron chi connectivity index (χ0n) is 14.1. The van der Waals surface area contributed by atoms with E-state index in [1.807, 2.05) is 0 Å². The van der Waals surface area contributed by atoms with Gasteiger partial charge in [-0.25, -0.2) is 4.79 Å². The van der Waals surface area contributed by atoms with Gasteiger partial charge < -0.3 is 19.7 Å². The number of rotatable bonds is 3. The van der Waals surface area contributed by atoms with E-state index in [1.165, 1.54) is 20.0 Å². The highest BCUT2D eigenvalue weighted by atomic mass is 16.5. The molecule has 1 aliphatic carbocycles. The van der Waals surface area contributed by atoms with Crippen molar-refractivity contribution in [2.75, 3.05) is 20.3 Å². The van der Waals surface area contributed by atoms with Crippen LogP contribution in [0, 0.1) is 11.8 Å². The number of carbonyl (C=O) groups is 2. The van der Waals surface area contributed by atoms with Crippen LogP contribution in [0.5, 0.6) is 0 Å². The minimum atomic E-state index is -0.523. The van der Waals surface area contributed by atoms with Crippen molar-refractivity contribution in [2.45, 2.75) is 63.6 Å². The molecular formula is C17H28N2O4. The van der Waals surface area contributed by atoms with Crippen LogP contribution in [0.2, 0.25) is 0 Å². The Morgan fingerprint density at radius 1 is 1.22 bits per heavy atom. The van der Waals surface area contributed by atoms with Crippen molar-refractivity contribution in [3.63, 3.8) is 0 Å². The Hall–Kier alpha value is -1.30. The highest BCUT2D eigenvalue weighted by molar-refractivity contribution is 5.86. The van der Waals surface area contributed by atoms with Gasteiger partial charge in [0.05, 0.1) is 7.11 Å². The number of hydrogen-bond donors (Lipinski definition) is 1. The fourth-order valence-electron chi connectivity index (χ4n) is 4.69. The number of carbonyl (C=O) groups excluding carboxylic acids is 2. The molecule has 4 atom stereocenters. The Labute approximate surface area is 137 Å². The Balaban J connectivity index is 1.77. The van der Waals surface area contributed by atoms with Gasteiger partial charge in [0.1, 0.15) is 6.04 Å². The number of hydrogen-bond acceptors (Lipinski definition) is 4. The molecule has 1 saturated carbocycles. The van der Waals surface area contributed by atoms with E-state index in [9.17, 15) is 9.59 Å². The van der Waals surface area contributed by atoms with E-state index >= 15 is 0 Å². The van der Waals surface area contributed by atoms with E-state index in [-0.39, 0.29) is 17.9 Å². The molecule has 1 unspecified atom stereocenters. The summed E-state index contributed by atoms with van der Waals surface area (Å²) in [5.74, 6) is 0.842. The van der Waals surface area contributed by atoms with Crippen LogP contribution in [-0.4, -0.2) is 55.3 Å². The van der Waals surface area contributed by atoms with Crippen molar-refractivity contribution in [3.8, 4) is 0 Å². The molecule has 23 heavy (non-hydrogen) atoms. The van der Waals surface area contributed by atoms with Gasteiger partial charge >= 0.3 is 6.09 Å². The van der Waals surface area contributed by atoms with Crippen molar-refractivity contribution < 1.29 is 19.1 Å². The normalized spacial score (nSPS) is 32.4. The van der Waals surface area contributed by atoms with Gasteiger partial charge in [-0.05, 0) is 50.9 Å². The van der Waals surface area contributed by atoms with E-state index in [0.717, 1.165) is 25.7 Å². The van der Waals surface area contributed by atoms with Crippen LogP contribution in [0.25, 0.3) is 0 Å². The maximum absolute atomic E-state index is 13.3. The van der Waals surface area contributed by atoms with E-state index in [2.05, 4.69) is 17.1 Å². The van der Waals surface area contributed by atoms with Crippen LogP contribution >= 0.6 is 0 Å². The molecule has 2 saturated heterocycles. The van der Waals surface area contributed by atoms with Crippen LogP contribution < -0.4 is 5.32 Å². The summed E-state index contributed by atoms with van der Waals surface area (Å²) in [5.41, 5.74) is 0. The second-order valence-corrected chi connectivity index (χ2v) is 7.15. The van der Waals surface area contributed by atoms with Crippen molar-refractivity contribution in [2.24, 2.45) is 11.8 Å². The molecule has 2 amide bonds. The number of ether oxygens (including phenoxy) is 2. The number of methoxy groups -OCH3 is 1. The van der Waals surface area contributed by atoms with Gasteiger partial charge in [-0.15, -0.1) is 0 Å². The summed E-state index contributed by atoms with van der Waals surface area (Å²) >= 11 is 0. The monoisotopic (exact) mass is 324 g/mol. The Bertz CT molecular complexity index is 450. The molecule has 6 nitrogen and oxygen atoms in total. The summed E-state index contributed by atoms with van der Waals surface area (Å²) in [6.45, 7) is 3.44. The van der Waals surface area contributed by atoms with Crippen LogP contribution in [0.3, 0.4) is 0 Å². The number of alkyl carbamates (subject to hydrolysis) is 1. The zero-order chi connectivity index (χ0) is 16.4. The molecular weight excluding hydrogens is 296 g/mol. The van der Waals surface area contributed by atoms with Gasteiger partial charge in [0.15, 0.2) is 0 Å². The van der Waals surface area contributed by atoms with Crippen LogP contribution in [0.15, 0.2) is 0 Å². The first-order valence-electron chi connectivity index (χ1n) is 8.86.